The van der Waals surface area contributed by atoms with Crippen molar-refractivity contribution < 1.29 is 32.3 Å². The highest BCUT2D eigenvalue weighted by atomic mass is 32.3. The Balaban J connectivity index is 0.000000494. The van der Waals surface area contributed by atoms with Crippen LogP contribution in [0.25, 0.3) is 0 Å². The molecule has 0 saturated carbocycles. The monoisotopic (exact) mass is 279 g/mol. The van der Waals surface area contributed by atoms with E-state index in [1.165, 1.54) is 25.1 Å². The molecule has 1 rings (SSSR count). The van der Waals surface area contributed by atoms with Gasteiger partial charge >= 0.3 is 16.4 Å². The molecule has 0 bridgehead atoms. The van der Waals surface area contributed by atoms with Gasteiger partial charge in [-0.05, 0) is 13.0 Å². The standard InChI is InChI=1S/C8H7NO4.H2O4S/c1-5-3-2-4-6(8(10)11)7(5)9(12)13;1-5(2,3)4/h2-4H,1H3,(H,10,11);(H2,1,2,3,4). The third-order valence-corrected chi connectivity index (χ3v) is 1.65. The first-order valence-corrected chi connectivity index (χ1v) is 5.61. The molecule has 0 aliphatic rings. The van der Waals surface area contributed by atoms with E-state index < -0.39 is 21.3 Å². The number of benzene rings is 1. The van der Waals surface area contributed by atoms with E-state index in [0.29, 0.717) is 5.56 Å². The number of carbonyl (C=O) groups is 1. The molecule has 0 aliphatic carbocycles. The number of carboxylic acid groups (broad SMARTS) is 1. The van der Waals surface area contributed by atoms with E-state index in [1.54, 1.807) is 0 Å². The van der Waals surface area contributed by atoms with Gasteiger partial charge in [0.1, 0.15) is 5.56 Å². The largest absolute Gasteiger partial charge is 0.477 e. The molecular formula is C8H9NO8S. The van der Waals surface area contributed by atoms with Crippen molar-refractivity contribution >= 4 is 22.1 Å². The average Bonchev–Trinajstić information content (AvgIpc) is 2.13. The second kappa shape index (κ2) is 6.05. The lowest BCUT2D eigenvalue weighted by Gasteiger charge is -1.99. The molecule has 9 nitrogen and oxygen atoms in total. The molecular weight excluding hydrogens is 270 g/mol. The second-order valence-electron chi connectivity index (χ2n) is 2.98. The predicted octanol–water partition coefficient (Wildman–Crippen LogP) is 0.949. The fourth-order valence-corrected chi connectivity index (χ4v) is 1.07. The Kier molecular flexibility index (Phi) is 5.36. The zero-order valence-electron chi connectivity index (χ0n) is 8.97. The van der Waals surface area contributed by atoms with Crippen LogP contribution >= 0.6 is 0 Å². The lowest BCUT2D eigenvalue weighted by molar-refractivity contribution is -0.385. The lowest BCUT2D eigenvalue weighted by Crippen LogP contribution is -2.03. The normalized spacial score (nSPS) is 10.2. The number of aromatic carboxylic acids is 1. The SMILES string of the molecule is Cc1cccc(C(=O)O)c1[N+](=O)[O-].O=S(=O)(O)O. The maximum atomic E-state index is 10.6. The van der Waals surface area contributed by atoms with Crippen LogP contribution in [0.5, 0.6) is 0 Å². The highest BCUT2D eigenvalue weighted by Gasteiger charge is 2.21. The third-order valence-electron chi connectivity index (χ3n) is 1.65. The van der Waals surface area contributed by atoms with E-state index in [9.17, 15) is 14.9 Å². The van der Waals surface area contributed by atoms with E-state index in [1.807, 2.05) is 0 Å². The maximum Gasteiger partial charge on any atom is 0.394 e. The van der Waals surface area contributed by atoms with Crippen LogP contribution in [0.4, 0.5) is 5.69 Å². The van der Waals surface area contributed by atoms with Crippen molar-refractivity contribution in [2.24, 2.45) is 0 Å². The number of nitro benzene ring substituents is 1. The highest BCUT2D eigenvalue weighted by molar-refractivity contribution is 7.79. The Hall–Kier alpha value is -2.04. The quantitative estimate of drug-likeness (QED) is 0.410. The van der Waals surface area contributed by atoms with E-state index in [0.717, 1.165) is 0 Å². The van der Waals surface area contributed by atoms with E-state index in [-0.39, 0.29) is 11.3 Å². The summed E-state index contributed by atoms with van der Waals surface area (Å²) in [5, 5.41) is 19.1. The summed E-state index contributed by atoms with van der Waals surface area (Å²) in [4.78, 5) is 20.4. The summed E-state index contributed by atoms with van der Waals surface area (Å²) < 4.78 is 31.6. The van der Waals surface area contributed by atoms with Gasteiger partial charge in [-0.25, -0.2) is 4.79 Å². The van der Waals surface area contributed by atoms with Crippen molar-refractivity contribution in [3.8, 4) is 0 Å². The van der Waals surface area contributed by atoms with Crippen LogP contribution in [0, 0.1) is 17.0 Å². The molecule has 0 radical (unpaired) electrons. The number of hydrogen-bond acceptors (Lipinski definition) is 5. The van der Waals surface area contributed by atoms with Gasteiger partial charge in [-0.3, -0.25) is 19.2 Å². The first-order chi connectivity index (χ1) is 8.04. The molecule has 0 aliphatic heterocycles. The highest BCUT2D eigenvalue weighted by Crippen LogP contribution is 2.22. The van der Waals surface area contributed by atoms with Gasteiger partial charge in [-0.1, -0.05) is 12.1 Å². The summed E-state index contributed by atoms with van der Waals surface area (Å²) in [6.07, 6.45) is 0. The summed E-state index contributed by atoms with van der Waals surface area (Å²) in [5.41, 5.74) is -0.259. The molecule has 0 amide bonds. The topological polar surface area (TPSA) is 155 Å². The van der Waals surface area contributed by atoms with Crippen molar-refractivity contribution in [2.45, 2.75) is 6.92 Å². The number of rotatable bonds is 2. The molecule has 3 N–H and O–H groups in total. The fourth-order valence-electron chi connectivity index (χ4n) is 1.07. The number of nitro groups is 1. The van der Waals surface area contributed by atoms with Gasteiger partial charge in [-0.2, -0.15) is 8.42 Å². The zero-order valence-corrected chi connectivity index (χ0v) is 9.79. The third kappa shape index (κ3) is 5.89. The second-order valence-corrected chi connectivity index (χ2v) is 3.88. The van der Waals surface area contributed by atoms with Gasteiger partial charge < -0.3 is 5.11 Å². The van der Waals surface area contributed by atoms with Gasteiger partial charge in [0.05, 0.1) is 4.92 Å². The molecule has 10 heteroatoms. The molecule has 1 aromatic rings. The first kappa shape index (κ1) is 16.0. The summed E-state index contributed by atoms with van der Waals surface area (Å²) >= 11 is 0. The number of carboxylic acids is 1. The summed E-state index contributed by atoms with van der Waals surface area (Å²) in [6, 6.07) is 4.20. The van der Waals surface area contributed by atoms with Crippen molar-refractivity contribution in [3.05, 3.63) is 39.4 Å². The summed E-state index contributed by atoms with van der Waals surface area (Å²) in [5.74, 6) is -1.28. The molecule has 100 valence electrons. The fraction of sp³-hybridized carbons (Fsp3) is 0.125. The molecule has 1 aromatic carbocycles. The Bertz CT molecular complexity index is 556. The Labute approximate surface area is 101 Å². The molecule has 0 unspecified atom stereocenters. The maximum absolute atomic E-state index is 10.6. The van der Waals surface area contributed by atoms with E-state index in [4.69, 9.17) is 22.6 Å². The van der Waals surface area contributed by atoms with Crippen molar-refractivity contribution in [3.63, 3.8) is 0 Å². The minimum Gasteiger partial charge on any atom is -0.477 e. The first-order valence-electron chi connectivity index (χ1n) is 4.21. The van der Waals surface area contributed by atoms with Gasteiger partial charge in [0.25, 0.3) is 5.69 Å². The van der Waals surface area contributed by atoms with Crippen LogP contribution in [0.15, 0.2) is 18.2 Å². The van der Waals surface area contributed by atoms with E-state index in [2.05, 4.69) is 0 Å². The van der Waals surface area contributed by atoms with Crippen LogP contribution in [0.3, 0.4) is 0 Å². The molecule has 0 spiro atoms. The van der Waals surface area contributed by atoms with Crippen molar-refractivity contribution in [1.29, 1.82) is 0 Å². The van der Waals surface area contributed by atoms with Crippen LogP contribution < -0.4 is 0 Å². The van der Waals surface area contributed by atoms with Gasteiger partial charge in [0.2, 0.25) is 0 Å². The number of hydrogen-bond donors (Lipinski definition) is 3. The molecule has 0 heterocycles. The van der Waals surface area contributed by atoms with Gasteiger partial charge in [0.15, 0.2) is 0 Å². The van der Waals surface area contributed by atoms with Crippen LogP contribution in [0.2, 0.25) is 0 Å². The van der Waals surface area contributed by atoms with Gasteiger partial charge in [-0.15, -0.1) is 0 Å². The van der Waals surface area contributed by atoms with E-state index >= 15 is 0 Å². The molecule has 18 heavy (non-hydrogen) atoms. The molecule has 0 saturated heterocycles. The molecule has 0 fully saturated rings. The molecule has 0 aromatic heterocycles. The van der Waals surface area contributed by atoms with Crippen LogP contribution in [-0.2, 0) is 10.4 Å². The van der Waals surface area contributed by atoms with Crippen LogP contribution in [-0.4, -0.2) is 33.5 Å². The van der Waals surface area contributed by atoms with Gasteiger partial charge in [0, 0.05) is 5.56 Å². The molecule has 0 atom stereocenters. The van der Waals surface area contributed by atoms with Crippen LogP contribution in [0.1, 0.15) is 15.9 Å². The Morgan fingerprint density at radius 3 is 2.06 bits per heavy atom. The minimum atomic E-state index is -4.67. The summed E-state index contributed by atoms with van der Waals surface area (Å²) in [6.45, 7) is 1.50. The number of aryl methyl sites for hydroxylation is 1. The Morgan fingerprint density at radius 2 is 1.78 bits per heavy atom. The smallest absolute Gasteiger partial charge is 0.394 e. The minimum absolute atomic E-state index is 0.273. The lowest BCUT2D eigenvalue weighted by atomic mass is 10.1. The van der Waals surface area contributed by atoms with Crippen molar-refractivity contribution in [2.75, 3.05) is 0 Å². The van der Waals surface area contributed by atoms with Crippen molar-refractivity contribution in [1.82, 2.24) is 0 Å². The number of para-hydroxylation sites is 1. The predicted molar refractivity (Wildman–Crippen MR) is 59.0 cm³/mol. The summed E-state index contributed by atoms with van der Waals surface area (Å²) in [7, 11) is -4.67. The zero-order chi connectivity index (χ0) is 14.5. The number of nitrogens with zero attached hydrogens (tertiary/aromatic N) is 1. The Morgan fingerprint density at radius 1 is 1.33 bits per heavy atom. The average molecular weight is 279 g/mol.